The van der Waals surface area contributed by atoms with Crippen molar-refractivity contribution in [1.82, 2.24) is 15.0 Å². The highest BCUT2D eigenvalue weighted by molar-refractivity contribution is 5.20. The zero-order chi connectivity index (χ0) is 13.1. The molecule has 0 atom stereocenters. The molecule has 0 radical (unpaired) electrons. The Hall–Kier alpha value is -1.68. The van der Waals surface area contributed by atoms with E-state index < -0.39 is 0 Å². The highest BCUT2D eigenvalue weighted by Crippen LogP contribution is 2.28. The fourth-order valence-corrected chi connectivity index (χ4v) is 2.75. The van der Waals surface area contributed by atoms with E-state index in [1.165, 1.54) is 18.4 Å². The van der Waals surface area contributed by atoms with Crippen LogP contribution >= 0.6 is 0 Å². The monoisotopic (exact) mass is 257 g/mol. The van der Waals surface area contributed by atoms with Crippen LogP contribution in [-0.4, -0.2) is 28.1 Å². The molecule has 100 valence electrons. The number of aryl methyl sites for hydroxylation is 1. The van der Waals surface area contributed by atoms with Crippen LogP contribution in [0.15, 0.2) is 34.9 Å². The molecule has 0 bridgehead atoms. The van der Waals surface area contributed by atoms with Gasteiger partial charge in [-0.25, -0.2) is 0 Å². The quantitative estimate of drug-likeness (QED) is 0.848. The molecular weight excluding hydrogens is 238 g/mol. The van der Waals surface area contributed by atoms with Crippen LogP contribution in [0.1, 0.15) is 36.0 Å². The van der Waals surface area contributed by atoms with Crippen LogP contribution < -0.4 is 0 Å². The molecule has 4 nitrogen and oxygen atoms in total. The Morgan fingerprint density at radius 3 is 2.58 bits per heavy atom. The molecule has 3 rings (SSSR count). The van der Waals surface area contributed by atoms with E-state index in [9.17, 15) is 0 Å². The SMILES string of the molecule is Cc1noc(CN2CCC(c3ccccc3)CC2)n1. The van der Waals surface area contributed by atoms with Crippen molar-refractivity contribution >= 4 is 0 Å². The predicted molar refractivity (Wildman–Crippen MR) is 72.7 cm³/mol. The summed E-state index contributed by atoms with van der Waals surface area (Å²) in [5, 5.41) is 3.83. The van der Waals surface area contributed by atoms with Gasteiger partial charge in [0.25, 0.3) is 0 Å². The average Bonchev–Trinajstić information content (AvgIpc) is 2.86. The molecule has 1 aromatic heterocycles. The van der Waals surface area contributed by atoms with Gasteiger partial charge in [-0.3, -0.25) is 4.90 Å². The van der Waals surface area contributed by atoms with Crippen molar-refractivity contribution in [3.8, 4) is 0 Å². The molecule has 0 spiro atoms. The Morgan fingerprint density at radius 2 is 1.95 bits per heavy atom. The first kappa shape index (κ1) is 12.4. The Morgan fingerprint density at radius 1 is 1.21 bits per heavy atom. The number of benzene rings is 1. The standard InChI is InChI=1S/C15H19N3O/c1-12-16-15(19-17-12)11-18-9-7-14(8-10-18)13-5-3-2-4-6-13/h2-6,14H,7-11H2,1H3. The first-order valence-electron chi connectivity index (χ1n) is 6.88. The van der Waals surface area contributed by atoms with E-state index in [1.54, 1.807) is 0 Å². The second-order valence-electron chi connectivity index (χ2n) is 5.20. The van der Waals surface area contributed by atoms with Crippen LogP contribution in [0.4, 0.5) is 0 Å². The molecule has 19 heavy (non-hydrogen) atoms. The fourth-order valence-electron chi connectivity index (χ4n) is 2.75. The van der Waals surface area contributed by atoms with Gasteiger partial charge in [-0.15, -0.1) is 0 Å². The molecular formula is C15H19N3O. The molecule has 0 aliphatic carbocycles. The van der Waals surface area contributed by atoms with Gasteiger partial charge in [-0.2, -0.15) is 4.98 Å². The van der Waals surface area contributed by atoms with Crippen molar-refractivity contribution in [1.29, 1.82) is 0 Å². The molecule has 1 aromatic carbocycles. The van der Waals surface area contributed by atoms with Gasteiger partial charge in [0, 0.05) is 0 Å². The van der Waals surface area contributed by atoms with E-state index in [4.69, 9.17) is 4.52 Å². The van der Waals surface area contributed by atoms with Gasteiger partial charge >= 0.3 is 0 Å². The zero-order valence-corrected chi connectivity index (χ0v) is 11.2. The van der Waals surface area contributed by atoms with Crippen LogP contribution in [0.25, 0.3) is 0 Å². The number of hydrogen-bond acceptors (Lipinski definition) is 4. The number of nitrogens with zero attached hydrogens (tertiary/aromatic N) is 3. The van der Waals surface area contributed by atoms with Crippen molar-refractivity contribution in [2.75, 3.05) is 13.1 Å². The summed E-state index contributed by atoms with van der Waals surface area (Å²) in [5.74, 6) is 2.15. The number of likely N-dealkylation sites (tertiary alicyclic amines) is 1. The van der Waals surface area contributed by atoms with Gasteiger partial charge in [0.05, 0.1) is 6.54 Å². The largest absolute Gasteiger partial charge is 0.338 e. The van der Waals surface area contributed by atoms with Gasteiger partial charge in [0.2, 0.25) is 5.89 Å². The molecule has 2 heterocycles. The summed E-state index contributed by atoms with van der Waals surface area (Å²) >= 11 is 0. The van der Waals surface area contributed by atoms with Gasteiger partial charge in [-0.1, -0.05) is 35.5 Å². The van der Waals surface area contributed by atoms with Crippen LogP contribution in [-0.2, 0) is 6.54 Å². The minimum Gasteiger partial charge on any atom is -0.338 e. The Bertz CT molecular complexity index is 515. The van der Waals surface area contributed by atoms with E-state index >= 15 is 0 Å². The van der Waals surface area contributed by atoms with Crippen molar-refractivity contribution in [2.45, 2.75) is 32.2 Å². The molecule has 4 heteroatoms. The van der Waals surface area contributed by atoms with E-state index in [-0.39, 0.29) is 0 Å². The van der Waals surface area contributed by atoms with E-state index in [1.807, 2.05) is 6.92 Å². The highest BCUT2D eigenvalue weighted by atomic mass is 16.5. The summed E-state index contributed by atoms with van der Waals surface area (Å²) in [4.78, 5) is 6.66. The maximum Gasteiger partial charge on any atom is 0.240 e. The maximum absolute atomic E-state index is 5.18. The molecule has 0 N–H and O–H groups in total. The molecule has 0 saturated carbocycles. The van der Waals surface area contributed by atoms with Gasteiger partial charge < -0.3 is 4.52 Å². The molecule has 1 aliphatic heterocycles. The van der Waals surface area contributed by atoms with Crippen LogP contribution in [0.3, 0.4) is 0 Å². The smallest absolute Gasteiger partial charge is 0.240 e. The first-order valence-corrected chi connectivity index (χ1v) is 6.88. The zero-order valence-electron chi connectivity index (χ0n) is 11.2. The van der Waals surface area contributed by atoms with Gasteiger partial charge in [0.15, 0.2) is 5.82 Å². The van der Waals surface area contributed by atoms with Crippen molar-refractivity contribution in [3.05, 3.63) is 47.6 Å². The molecule has 1 saturated heterocycles. The third-order valence-corrected chi connectivity index (χ3v) is 3.79. The predicted octanol–water partition coefficient (Wildman–Crippen LogP) is 2.76. The summed E-state index contributed by atoms with van der Waals surface area (Å²) in [6.45, 7) is 4.83. The number of hydrogen-bond donors (Lipinski definition) is 0. The Balaban J connectivity index is 1.55. The lowest BCUT2D eigenvalue weighted by molar-refractivity contribution is 0.181. The minimum atomic E-state index is 0.696. The minimum absolute atomic E-state index is 0.696. The lowest BCUT2D eigenvalue weighted by atomic mass is 9.89. The Kier molecular flexibility index (Phi) is 3.60. The van der Waals surface area contributed by atoms with Crippen LogP contribution in [0.5, 0.6) is 0 Å². The van der Waals surface area contributed by atoms with E-state index in [0.717, 1.165) is 25.5 Å². The Labute approximate surface area is 113 Å². The molecule has 0 amide bonds. The topological polar surface area (TPSA) is 42.2 Å². The molecule has 1 aliphatic rings. The van der Waals surface area contributed by atoms with Crippen molar-refractivity contribution in [3.63, 3.8) is 0 Å². The van der Waals surface area contributed by atoms with Crippen molar-refractivity contribution < 1.29 is 4.52 Å². The average molecular weight is 257 g/mol. The third kappa shape index (κ3) is 3.01. The molecule has 2 aromatic rings. The summed E-state index contributed by atoms with van der Waals surface area (Å²) in [6.07, 6.45) is 2.41. The van der Waals surface area contributed by atoms with Gasteiger partial charge in [0.1, 0.15) is 0 Å². The third-order valence-electron chi connectivity index (χ3n) is 3.79. The summed E-state index contributed by atoms with van der Waals surface area (Å²) in [7, 11) is 0. The second-order valence-corrected chi connectivity index (χ2v) is 5.20. The normalized spacial score (nSPS) is 17.7. The molecule has 0 unspecified atom stereocenters. The van der Waals surface area contributed by atoms with E-state index in [2.05, 4.69) is 45.4 Å². The van der Waals surface area contributed by atoms with Gasteiger partial charge in [-0.05, 0) is 44.3 Å². The first-order chi connectivity index (χ1) is 9.31. The summed E-state index contributed by atoms with van der Waals surface area (Å²) in [5.41, 5.74) is 1.47. The number of aromatic nitrogens is 2. The number of piperidine rings is 1. The fraction of sp³-hybridized carbons (Fsp3) is 0.467. The van der Waals surface area contributed by atoms with E-state index in [0.29, 0.717) is 11.7 Å². The van der Waals surface area contributed by atoms with Crippen LogP contribution in [0.2, 0.25) is 0 Å². The second kappa shape index (κ2) is 5.53. The lowest BCUT2D eigenvalue weighted by Gasteiger charge is -2.31. The van der Waals surface area contributed by atoms with Crippen LogP contribution in [0, 0.1) is 6.92 Å². The lowest BCUT2D eigenvalue weighted by Crippen LogP contribution is -2.32. The summed E-state index contributed by atoms with van der Waals surface area (Å²) < 4.78 is 5.18. The highest BCUT2D eigenvalue weighted by Gasteiger charge is 2.21. The number of rotatable bonds is 3. The maximum atomic E-state index is 5.18. The van der Waals surface area contributed by atoms with Crippen molar-refractivity contribution in [2.24, 2.45) is 0 Å². The molecule has 1 fully saturated rings. The summed E-state index contributed by atoms with van der Waals surface area (Å²) in [6, 6.07) is 10.8.